The molecule has 0 spiro atoms. The van der Waals surface area contributed by atoms with Gasteiger partial charge in [-0.15, -0.1) is 5.10 Å². The van der Waals surface area contributed by atoms with Gasteiger partial charge in [0.1, 0.15) is 0 Å². The van der Waals surface area contributed by atoms with Gasteiger partial charge >= 0.3 is 0 Å². The highest BCUT2D eigenvalue weighted by Gasteiger charge is 2.32. The lowest BCUT2D eigenvalue weighted by Crippen LogP contribution is -2.30. The predicted octanol–water partition coefficient (Wildman–Crippen LogP) is 2.46. The molecule has 1 aromatic heterocycles. The number of hydrogen-bond donors (Lipinski definition) is 1. The van der Waals surface area contributed by atoms with Crippen LogP contribution in [-0.2, 0) is 7.05 Å². The number of nitrogens with one attached hydrogen (secondary N) is 1. The van der Waals surface area contributed by atoms with Crippen LogP contribution in [0.1, 0.15) is 44.7 Å². The smallest absolute Gasteiger partial charge is 0.151 e. The van der Waals surface area contributed by atoms with Crippen molar-refractivity contribution in [3.05, 3.63) is 10.3 Å². The number of aryl methyl sites for hydroxylation is 1. The molecule has 2 atom stereocenters. The molecule has 4 nitrogen and oxygen atoms in total. The van der Waals surface area contributed by atoms with Crippen molar-refractivity contribution in [3.63, 3.8) is 0 Å². The first-order valence-corrected chi connectivity index (χ1v) is 7.17. The van der Waals surface area contributed by atoms with Gasteiger partial charge in [-0.1, -0.05) is 25.5 Å². The van der Waals surface area contributed by atoms with Crippen molar-refractivity contribution in [2.24, 2.45) is 13.0 Å². The molecule has 1 aliphatic rings. The van der Waals surface area contributed by atoms with Crippen LogP contribution in [0.5, 0.6) is 0 Å². The molecule has 5 heteroatoms. The SMILES string of the molecule is CC(C)NCC1CCCC1c1c(Br)nnn1C. The molecule has 96 valence electrons. The maximum atomic E-state index is 4.10. The second kappa shape index (κ2) is 5.48. The molecule has 17 heavy (non-hydrogen) atoms. The molecule has 2 unspecified atom stereocenters. The summed E-state index contributed by atoms with van der Waals surface area (Å²) in [5, 5.41) is 11.7. The minimum atomic E-state index is 0.560. The fourth-order valence-electron chi connectivity index (χ4n) is 2.76. The van der Waals surface area contributed by atoms with Gasteiger partial charge in [-0.3, -0.25) is 4.68 Å². The Morgan fingerprint density at radius 1 is 1.47 bits per heavy atom. The summed E-state index contributed by atoms with van der Waals surface area (Å²) >= 11 is 3.52. The predicted molar refractivity (Wildman–Crippen MR) is 71.9 cm³/mol. The van der Waals surface area contributed by atoms with Gasteiger partial charge in [0.05, 0.1) is 5.69 Å². The van der Waals surface area contributed by atoms with Crippen LogP contribution in [-0.4, -0.2) is 27.6 Å². The summed E-state index contributed by atoms with van der Waals surface area (Å²) in [5.74, 6) is 1.31. The van der Waals surface area contributed by atoms with E-state index in [0.717, 1.165) is 11.1 Å². The summed E-state index contributed by atoms with van der Waals surface area (Å²) in [5.41, 5.74) is 1.26. The third-order valence-electron chi connectivity index (χ3n) is 3.63. The molecule has 0 saturated heterocycles. The molecule has 1 aliphatic carbocycles. The fourth-order valence-corrected chi connectivity index (χ4v) is 3.38. The first-order valence-electron chi connectivity index (χ1n) is 6.38. The minimum absolute atomic E-state index is 0.560. The molecular weight excluding hydrogens is 280 g/mol. The lowest BCUT2D eigenvalue weighted by Gasteiger charge is -2.21. The van der Waals surface area contributed by atoms with E-state index in [1.165, 1.54) is 25.0 Å². The quantitative estimate of drug-likeness (QED) is 0.929. The van der Waals surface area contributed by atoms with E-state index in [1.54, 1.807) is 0 Å². The molecule has 1 saturated carbocycles. The minimum Gasteiger partial charge on any atom is -0.314 e. The topological polar surface area (TPSA) is 42.7 Å². The van der Waals surface area contributed by atoms with Gasteiger partial charge in [0.25, 0.3) is 0 Å². The summed E-state index contributed by atoms with van der Waals surface area (Å²) in [7, 11) is 1.98. The van der Waals surface area contributed by atoms with Crippen LogP contribution >= 0.6 is 15.9 Å². The number of halogens is 1. The van der Waals surface area contributed by atoms with Gasteiger partial charge in [-0.05, 0) is 41.2 Å². The van der Waals surface area contributed by atoms with Gasteiger partial charge in [-0.25, -0.2) is 0 Å². The Morgan fingerprint density at radius 2 is 2.24 bits per heavy atom. The average Bonchev–Trinajstić information content (AvgIpc) is 2.83. The van der Waals surface area contributed by atoms with E-state index < -0.39 is 0 Å². The van der Waals surface area contributed by atoms with Gasteiger partial charge in [0.15, 0.2) is 4.60 Å². The Balaban J connectivity index is 2.09. The molecule has 0 radical (unpaired) electrons. The normalized spacial score (nSPS) is 24.8. The zero-order chi connectivity index (χ0) is 12.4. The molecule has 1 aromatic rings. The lowest BCUT2D eigenvalue weighted by atomic mass is 9.93. The molecule has 0 bridgehead atoms. The largest absolute Gasteiger partial charge is 0.314 e. The highest BCUT2D eigenvalue weighted by Crippen LogP contribution is 2.41. The molecule has 1 heterocycles. The first-order chi connectivity index (χ1) is 8.09. The number of aromatic nitrogens is 3. The van der Waals surface area contributed by atoms with Crippen molar-refractivity contribution in [1.82, 2.24) is 20.3 Å². The molecule has 0 aliphatic heterocycles. The Kier molecular flexibility index (Phi) is 4.20. The second-order valence-electron chi connectivity index (χ2n) is 5.25. The van der Waals surface area contributed by atoms with E-state index in [1.807, 2.05) is 11.7 Å². The summed E-state index contributed by atoms with van der Waals surface area (Å²) in [4.78, 5) is 0. The number of rotatable bonds is 4. The van der Waals surface area contributed by atoms with E-state index in [0.29, 0.717) is 17.9 Å². The van der Waals surface area contributed by atoms with Crippen LogP contribution in [0.15, 0.2) is 4.60 Å². The van der Waals surface area contributed by atoms with E-state index in [4.69, 9.17) is 0 Å². The molecular formula is C12H21BrN4. The summed E-state index contributed by atoms with van der Waals surface area (Å²) in [6.07, 6.45) is 3.87. The Morgan fingerprint density at radius 3 is 2.82 bits per heavy atom. The fraction of sp³-hybridized carbons (Fsp3) is 0.833. The van der Waals surface area contributed by atoms with E-state index in [2.05, 4.69) is 45.4 Å². The van der Waals surface area contributed by atoms with E-state index in [9.17, 15) is 0 Å². The molecule has 0 aromatic carbocycles. The molecule has 2 rings (SSSR count). The summed E-state index contributed by atoms with van der Waals surface area (Å²) in [6.45, 7) is 5.50. The highest BCUT2D eigenvalue weighted by molar-refractivity contribution is 9.10. The standard InChI is InChI=1S/C12H21BrN4/c1-8(2)14-7-9-5-4-6-10(9)11-12(13)15-16-17(11)3/h8-10,14H,4-7H2,1-3H3. The lowest BCUT2D eigenvalue weighted by molar-refractivity contribution is 0.409. The van der Waals surface area contributed by atoms with Gasteiger partial charge < -0.3 is 5.32 Å². The van der Waals surface area contributed by atoms with Crippen molar-refractivity contribution in [2.45, 2.75) is 45.1 Å². The number of nitrogens with zero attached hydrogens (tertiary/aromatic N) is 3. The van der Waals surface area contributed by atoms with Gasteiger partial charge in [0.2, 0.25) is 0 Å². The number of hydrogen-bond acceptors (Lipinski definition) is 3. The maximum absolute atomic E-state index is 4.10. The Hall–Kier alpha value is -0.420. The highest BCUT2D eigenvalue weighted by atomic mass is 79.9. The Labute approximate surface area is 111 Å². The van der Waals surface area contributed by atoms with Crippen molar-refractivity contribution < 1.29 is 0 Å². The van der Waals surface area contributed by atoms with E-state index >= 15 is 0 Å². The van der Waals surface area contributed by atoms with Crippen molar-refractivity contribution in [1.29, 1.82) is 0 Å². The van der Waals surface area contributed by atoms with Crippen LogP contribution < -0.4 is 5.32 Å². The van der Waals surface area contributed by atoms with Crippen LogP contribution in [0.3, 0.4) is 0 Å². The summed E-state index contributed by atoms with van der Waals surface area (Å²) < 4.78 is 2.84. The molecule has 0 amide bonds. The monoisotopic (exact) mass is 300 g/mol. The van der Waals surface area contributed by atoms with Crippen molar-refractivity contribution >= 4 is 15.9 Å². The average molecular weight is 301 g/mol. The van der Waals surface area contributed by atoms with Gasteiger partial charge in [-0.2, -0.15) is 0 Å². The zero-order valence-corrected chi connectivity index (χ0v) is 12.4. The van der Waals surface area contributed by atoms with Crippen molar-refractivity contribution in [3.8, 4) is 0 Å². The van der Waals surface area contributed by atoms with Crippen LogP contribution in [0.2, 0.25) is 0 Å². The third-order valence-corrected chi connectivity index (χ3v) is 4.19. The third kappa shape index (κ3) is 2.88. The van der Waals surface area contributed by atoms with Crippen LogP contribution in [0, 0.1) is 5.92 Å². The summed E-state index contributed by atoms with van der Waals surface area (Å²) in [6, 6.07) is 0.560. The van der Waals surface area contributed by atoms with E-state index in [-0.39, 0.29) is 0 Å². The molecule has 1 fully saturated rings. The van der Waals surface area contributed by atoms with Gasteiger partial charge in [0, 0.05) is 19.0 Å². The zero-order valence-electron chi connectivity index (χ0n) is 10.8. The Bertz CT molecular complexity index is 355. The second-order valence-corrected chi connectivity index (χ2v) is 6.00. The maximum Gasteiger partial charge on any atom is 0.151 e. The van der Waals surface area contributed by atoms with Crippen molar-refractivity contribution in [2.75, 3.05) is 6.54 Å². The first kappa shape index (κ1) is 13.0. The van der Waals surface area contributed by atoms with Crippen LogP contribution in [0.4, 0.5) is 0 Å². The van der Waals surface area contributed by atoms with Crippen LogP contribution in [0.25, 0.3) is 0 Å². The molecule has 1 N–H and O–H groups in total.